The van der Waals surface area contributed by atoms with E-state index in [0.717, 1.165) is 10.2 Å². The minimum absolute atomic E-state index is 0. The number of aliphatic hydroxyl groups excluding tert-OH is 1. The summed E-state index contributed by atoms with van der Waals surface area (Å²) in [5, 5.41) is 15.2. The van der Waals surface area contributed by atoms with Crippen LogP contribution in [0.25, 0.3) is 0 Å². The zero-order valence-corrected chi connectivity index (χ0v) is 14.1. The lowest BCUT2D eigenvalue weighted by Crippen LogP contribution is -2.43. The molecule has 0 bridgehead atoms. The van der Waals surface area contributed by atoms with Crippen molar-refractivity contribution in [2.24, 2.45) is 0 Å². The van der Waals surface area contributed by atoms with Crippen molar-refractivity contribution in [3.05, 3.63) is 28.7 Å². The van der Waals surface area contributed by atoms with Gasteiger partial charge >= 0.3 is 0 Å². The van der Waals surface area contributed by atoms with Gasteiger partial charge in [-0.1, -0.05) is 22.0 Å². The molecule has 1 aromatic rings. The zero-order chi connectivity index (χ0) is 14.5. The first kappa shape index (κ1) is 18.2. The Hall–Kier alpha value is -0.820. The van der Waals surface area contributed by atoms with E-state index in [-0.39, 0.29) is 30.5 Å². The number of ether oxygens (including phenoxy) is 1. The van der Waals surface area contributed by atoms with Gasteiger partial charge in [-0.05, 0) is 31.5 Å². The Morgan fingerprint density at radius 1 is 1.62 bits per heavy atom. The van der Waals surface area contributed by atoms with E-state index in [0.29, 0.717) is 19.5 Å². The summed E-state index contributed by atoms with van der Waals surface area (Å²) in [4.78, 5) is 11.9. The number of amides is 1. The molecular weight excluding hydrogens is 360 g/mol. The highest BCUT2D eigenvalue weighted by atomic mass is 79.9. The van der Waals surface area contributed by atoms with Crippen molar-refractivity contribution in [3.63, 3.8) is 0 Å². The Morgan fingerprint density at radius 2 is 2.38 bits per heavy atom. The molecule has 0 radical (unpaired) electrons. The van der Waals surface area contributed by atoms with Crippen molar-refractivity contribution in [1.82, 2.24) is 10.6 Å². The Labute approximate surface area is 139 Å². The number of rotatable bonds is 5. The van der Waals surface area contributed by atoms with Crippen molar-refractivity contribution in [2.45, 2.75) is 31.6 Å². The predicted molar refractivity (Wildman–Crippen MR) is 86.9 cm³/mol. The summed E-state index contributed by atoms with van der Waals surface area (Å²) in [6.07, 6.45) is -0.0900. The van der Waals surface area contributed by atoms with Crippen LogP contribution < -0.4 is 15.4 Å². The largest absolute Gasteiger partial charge is 0.489 e. The van der Waals surface area contributed by atoms with Crippen LogP contribution in [0.15, 0.2) is 28.7 Å². The molecular formula is C14H20BrClN2O3. The normalized spacial score (nSPS) is 22.2. The molecule has 118 valence electrons. The number of benzene rings is 1. The summed E-state index contributed by atoms with van der Waals surface area (Å²) in [5.74, 6) is 0.668. The second kappa shape index (κ2) is 8.58. The fourth-order valence-corrected chi connectivity index (χ4v) is 2.48. The minimum atomic E-state index is -0.430. The average Bonchev–Trinajstić information content (AvgIpc) is 2.83. The van der Waals surface area contributed by atoms with Crippen molar-refractivity contribution in [1.29, 1.82) is 0 Å². The van der Waals surface area contributed by atoms with Gasteiger partial charge in [0.25, 0.3) is 0 Å². The van der Waals surface area contributed by atoms with Crippen LogP contribution in [0.1, 0.15) is 13.3 Å². The Balaban J connectivity index is 0.00000220. The van der Waals surface area contributed by atoms with Crippen LogP contribution in [-0.2, 0) is 4.79 Å². The Morgan fingerprint density at radius 3 is 3.00 bits per heavy atom. The van der Waals surface area contributed by atoms with Crippen LogP contribution in [0.5, 0.6) is 5.75 Å². The van der Waals surface area contributed by atoms with E-state index in [9.17, 15) is 9.90 Å². The van der Waals surface area contributed by atoms with Gasteiger partial charge in [-0.25, -0.2) is 0 Å². The number of β-amino-alcohol motifs (C(OH)–C–C–N with tert-alkyl or cyclic N) is 1. The van der Waals surface area contributed by atoms with Gasteiger partial charge in [0.1, 0.15) is 11.9 Å². The van der Waals surface area contributed by atoms with Crippen LogP contribution in [0, 0.1) is 0 Å². The first-order valence-electron chi connectivity index (χ1n) is 6.66. The molecule has 7 heteroatoms. The van der Waals surface area contributed by atoms with Crippen LogP contribution >= 0.6 is 28.3 Å². The third kappa shape index (κ3) is 5.82. The highest BCUT2D eigenvalue weighted by molar-refractivity contribution is 9.10. The molecule has 2 rings (SSSR count). The molecule has 1 amide bonds. The third-order valence-electron chi connectivity index (χ3n) is 3.12. The summed E-state index contributed by atoms with van der Waals surface area (Å²) >= 11 is 3.38. The quantitative estimate of drug-likeness (QED) is 0.725. The van der Waals surface area contributed by atoms with E-state index in [1.165, 1.54) is 0 Å². The number of hydrogen-bond donors (Lipinski definition) is 3. The van der Waals surface area contributed by atoms with Gasteiger partial charge in [-0.15, -0.1) is 12.4 Å². The lowest BCUT2D eigenvalue weighted by atomic mass is 10.2. The van der Waals surface area contributed by atoms with Crippen LogP contribution in [0.3, 0.4) is 0 Å². The van der Waals surface area contributed by atoms with E-state index in [4.69, 9.17) is 4.74 Å². The molecule has 0 aliphatic carbocycles. The van der Waals surface area contributed by atoms with Crippen LogP contribution in [0.2, 0.25) is 0 Å². The molecule has 3 unspecified atom stereocenters. The molecule has 3 N–H and O–H groups in total. The summed E-state index contributed by atoms with van der Waals surface area (Å²) in [6, 6.07) is 7.28. The average molecular weight is 380 g/mol. The monoisotopic (exact) mass is 378 g/mol. The highest BCUT2D eigenvalue weighted by Gasteiger charge is 2.27. The maximum Gasteiger partial charge on any atom is 0.237 e. The van der Waals surface area contributed by atoms with E-state index >= 15 is 0 Å². The van der Waals surface area contributed by atoms with Crippen LogP contribution in [-0.4, -0.2) is 42.4 Å². The molecule has 5 nitrogen and oxygen atoms in total. The molecule has 21 heavy (non-hydrogen) atoms. The van der Waals surface area contributed by atoms with Gasteiger partial charge in [-0.2, -0.15) is 0 Å². The van der Waals surface area contributed by atoms with Crippen molar-refractivity contribution in [2.75, 3.05) is 13.1 Å². The fraction of sp³-hybridized carbons (Fsp3) is 0.500. The molecule has 0 saturated carbocycles. The number of halogens is 2. The number of aliphatic hydroxyl groups is 1. The molecule has 3 atom stereocenters. The molecule has 1 aromatic carbocycles. The predicted octanol–water partition coefficient (Wildman–Crippen LogP) is 1.48. The van der Waals surface area contributed by atoms with Gasteiger partial charge in [0.2, 0.25) is 5.91 Å². The summed E-state index contributed by atoms with van der Waals surface area (Å²) in [6.45, 7) is 2.81. The van der Waals surface area contributed by atoms with E-state index in [1.807, 2.05) is 31.2 Å². The molecule has 1 saturated heterocycles. The fourth-order valence-electron chi connectivity index (χ4n) is 2.10. The second-order valence-electron chi connectivity index (χ2n) is 4.98. The Kier molecular flexibility index (Phi) is 7.45. The van der Waals surface area contributed by atoms with Crippen molar-refractivity contribution < 1.29 is 14.6 Å². The standard InChI is InChI=1S/C14H19BrN2O3.ClH/c1-9(20-12-4-2-3-10(15)5-12)7-17-14(19)13-6-11(18)8-16-13;/h2-5,9,11,13,16,18H,6-8H2,1H3,(H,17,19);1H. The zero-order valence-electron chi connectivity index (χ0n) is 11.7. The number of hydrogen-bond acceptors (Lipinski definition) is 4. The van der Waals surface area contributed by atoms with Crippen molar-refractivity contribution in [3.8, 4) is 5.75 Å². The lowest BCUT2D eigenvalue weighted by molar-refractivity contribution is -0.123. The van der Waals surface area contributed by atoms with Crippen LogP contribution in [0.4, 0.5) is 0 Å². The smallest absolute Gasteiger partial charge is 0.237 e. The van der Waals surface area contributed by atoms with E-state index in [2.05, 4.69) is 26.6 Å². The SMILES string of the molecule is CC(CNC(=O)C1CC(O)CN1)Oc1cccc(Br)c1.Cl. The third-order valence-corrected chi connectivity index (χ3v) is 3.61. The van der Waals surface area contributed by atoms with Gasteiger partial charge in [0.05, 0.1) is 18.7 Å². The number of nitrogens with one attached hydrogen (secondary N) is 2. The maximum atomic E-state index is 11.9. The van der Waals surface area contributed by atoms with Gasteiger partial charge in [0, 0.05) is 11.0 Å². The number of carbonyl (C=O) groups excluding carboxylic acids is 1. The van der Waals surface area contributed by atoms with Crippen molar-refractivity contribution >= 4 is 34.2 Å². The maximum absolute atomic E-state index is 11.9. The second-order valence-corrected chi connectivity index (χ2v) is 5.90. The summed E-state index contributed by atoms with van der Waals surface area (Å²) in [7, 11) is 0. The molecule has 0 spiro atoms. The van der Waals surface area contributed by atoms with Gasteiger partial charge in [-0.3, -0.25) is 4.79 Å². The molecule has 1 heterocycles. The van der Waals surface area contributed by atoms with E-state index < -0.39 is 6.10 Å². The Bertz CT molecular complexity index is 475. The van der Waals surface area contributed by atoms with E-state index in [1.54, 1.807) is 0 Å². The van der Waals surface area contributed by atoms with Gasteiger partial charge < -0.3 is 20.5 Å². The summed E-state index contributed by atoms with van der Waals surface area (Å²) in [5.41, 5.74) is 0. The molecule has 1 aliphatic heterocycles. The first-order valence-corrected chi connectivity index (χ1v) is 7.45. The summed E-state index contributed by atoms with van der Waals surface area (Å²) < 4.78 is 6.67. The topological polar surface area (TPSA) is 70.6 Å². The van der Waals surface area contributed by atoms with Gasteiger partial charge in [0.15, 0.2) is 0 Å². The highest BCUT2D eigenvalue weighted by Crippen LogP contribution is 2.18. The molecule has 0 aromatic heterocycles. The molecule has 1 aliphatic rings. The first-order chi connectivity index (χ1) is 9.54. The minimum Gasteiger partial charge on any atom is -0.489 e. The molecule has 1 fully saturated rings. The number of carbonyl (C=O) groups is 1. The lowest BCUT2D eigenvalue weighted by Gasteiger charge is -2.17.